The normalized spacial score (nSPS) is 17.4. The molecule has 0 radical (unpaired) electrons. The molecule has 0 fully saturated rings. The van der Waals surface area contributed by atoms with E-state index in [1.165, 1.54) is 0 Å². The summed E-state index contributed by atoms with van der Waals surface area (Å²) in [4.78, 5) is 23.6. The second-order valence-corrected chi connectivity index (χ2v) is 5.82. The molecular weight excluding hydrogens is 280 g/mol. The van der Waals surface area contributed by atoms with E-state index in [2.05, 4.69) is 6.08 Å². The summed E-state index contributed by atoms with van der Waals surface area (Å²) in [6, 6.07) is 4.94. The number of hydrogen-bond acceptors (Lipinski definition) is 3. The highest BCUT2D eigenvalue weighted by atomic mass is 35.5. The molecule has 98 valence electrons. The van der Waals surface area contributed by atoms with Gasteiger partial charge in [-0.05, 0) is 30.5 Å². The number of thioether (sulfide) groups is 1. The van der Waals surface area contributed by atoms with Gasteiger partial charge in [0.25, 0.3) is 0 Å². The quantitative estimate of drug-likeness (QED) is 0.613. The molecule has 4 heteroatoms. The Morgan fingerprint density at radius 3 is 2.95 bits per heavy atom. The Balaban J connectivity index is 2.02. The fourth-order valence-electron chi connectivity index (χ4n) is 1.86. The zero-order valence-corrected chi connectivity index (χ0v) is 11.8. The Kier molecular flexibility index (Phi) is 5.00. The van der Waals surface area contributed by atoms with E-state index >= 15 is 0 Å². The van der Waals surface area contributed by atoms with Crippen LogP contribution in [0, 0.1) is 5.92 Å². The van der Waals surface area contributed by atoms with Gasteiger partial charge in [0.1, 0.15) is 0 Å². The predicted octanol–water partition coefficient (Wildman–Crippen LogP) is 4.29. The summed E-state index contributed by atoms with van der Waals surface area (Å²) < 4.78 is 0. The molecule has 1 aromatic carbocycles. The maximum atomic E-state index is 12.0. The van der Waals surface area contributed by atoms with Gasteiger partial charge in [-0.25, -0.2) is 0 Å². The molecule has 0 spiro atoms. The van der Waals surface area contributed by atoms with Gasteiger partial charge in [0.2, 0.25) is 0 Å². The number of carbonyl (C=O) groups is 2. The highest BCUT2D eigenvalue weighted by molar-refractivity contribution is 8.13. The molecule has 0 aromatic heterocycles. The van der Waals surface area contributed by atoms with Crippen LogP contribution in [0.5, 0.6) is 0 Å². The first kappa shape index (κ1) is 14.1. The molecule has 0 amide bonds. The summed E-state index contributed by atoms with van der Waals surface area (Å²) in [6.45, 7) is 0. The van der Waals surface area contributed by atoms with Crippen molar-refractivity contribution in [3.63, 3.8) is 0 Å². The van der Waals surface area contributed by atoms with Crippen LogP contribution in [-0.4, -0.2) is 11.4 Å². The van der Waals surface area contributed by atoms with Gasteiger partial charge < -0.3 is 0 Å². The summed E-state index contributed by atoms with van der Waals surface area (Å²) in [5.41, 5.74) is 0.502. The van der Waals surface area contributed by atoms with E-state index in [0.29, 0.717) is 21.9 Å². The van der Waals surface area contributed by atoms with E-state index in [0.717, 1.165) is 24.5 Å². The van der Waals surface area contributed by atoms with Crippen molar-refractivity contribution >= 4 is 34.8 Å². The van der Waals surface area contributed by atoms with Crippen molar-refractivity contribution < 1.29 is 9.59 Å². The number of allylic oxidation sites excluding steroid dienone is 4. The zero-order chi connectivity index (χ0) is 13.7. The van der Waals surface area contributed by atoms with E-state index in [9.17, 15) is 9.59 Å². The number of halogens is 1. The molecule has 1 unspecified atom stereocenters. The van der Waals surface area contributed by atoms with Crippen LogP contribution in [-0.2, 0) is 4.79 Å². The van der Waals surface area contributed by atoms with Crippen LogP contribution in [0.1, 0.15) is 23.2 Å². The number of aldehydes is 1. The lowest BCUT2D eigenvalue weighted by molar-refractivity contribution is -0.111. The molecule has 2 rings (SSSR count). The van der Waals surface area contributed by atoms with E-state index in [4.69, 9.17) is 11.6 Å². The van der Waals surface area contributed by atoms with Crippen LogP contribution in [0.25, 0.3) is 0 Å². The monoisotopic (exact) mass is 292 g/mol. The second kappa shape index (κ2) is 6.73. The molecule has 1 atom stereocenters. The molecule has 19 heavy (non-hydrogen) atoms. The molecule has 1 aromatic rings. The molecule has 1 aliphatic carbocycles. The molecule has 0 heterocycles. The number of benzene rings is 1. The highest BCUT2D eigenvalue weighted by Crippen LogP contribution is 2.29. The van der Waals surface area contributed by atoms with Crippen molar-refractivity contribution in [2.75, 3.05) is 0 Å². The predicted molar refractivity (Wildman–Crippen MR) is 78.7 cm³/mol. The van der Waals surface area contributed by atoms with Crippen LogP contribution in [0.15, 0.2) is 47.4 Å². The Hall–Kier alpha value is -1.32. The van der Waals surface area contributed by atoms with Crippen LogP contribution in [0.2, 0.25) is 5.02 Å². The third-order valence-corrected chi connectivity index (χ3v) is 4.03. The summed E-state index contributed by atoms with van der Waals surface area (Å²) in [5.74, 6) is 0.254. The van der Waals surface area contributed by atoms with Crippen LogP contribution in [0.4, 0.5) is 0 Å². The maximum absolute atomic E-state index is 12.0. The molecule has 2 nitrogen and oxygen atoms in total. The van der Waals surface area contributed by atoms with Crippen molar-refractivity contribution in [1.82, 2.24) is 0 Å². The van der Waals surface area contributed by atoms with Gasteiger partial charge in [0.15, 0.2) is 11.4 Å². The van der Waals surface area contributed by atoms with Gasteiger partial charge in [-0.3, -0.25) is 9.59 Å². The van der Waals surface area contributed by atoms with Gasteiger partial charge in [0.05, 0.1) is 0 Å². The van der Waals surface area contributed by atoms with Gasteiger partial charge in [-0.15, -0.1) is 0 Å². The van der Waals surface area contributed by atoms with Crippen molar-refractivity contribution in [3.05, 3.63) is 53.1 Å². The summed E-state index contributed by atoms with van der Waals surface area (Å²) in [6.07, 6.45) is 10.1. The zero-order valence-electron chi connectivity index (χ0n) is 10.2. The molecular formula is C15H13ClO2S. The number of carbonyl (C=O) groups excluding carboxylic acids is 2. The summed E-state index contributed by atoms with van der Waals surface area (Å²) in [7, 11) is 0. The number of rotatable bonds is 4. The summed E-state index contributed by atoms with van der Waals surface area (Å²) >= 11 is 6.98. The highest BCUT2D eigenvalue weighted by Gasteiger charge is 2.14. The average Bonchev–Trinajstić information content (AvgIpc) is 2.40. The Bertz CT molecular complexity index is 549. The van der Waals surface area contributed by atoms with Crippen LogP contribution < -0.4 is 0 Å². The van der Waals surface area contributed by atoms with Crippen molar-refractivity contribution in [1.29, 1.82) is 0 Å². The third-order valence-electron chi connectivity index (χ3n) is 2.82. The standard InChI is InChI=1S/C15H13ClO2S/c16-13-7-6-12(10-17)14(9-13)19-15(18)8-11-4-2-1-3-5-11/h1-4,6-7,9-11H,5,8H2. The molecule has 0 N–H and O–H groups in total. The summed E-state index contributed by atoms with van der Waals surface area (Å²) in [5, 5.41) is 0.580. The van der Waals surface area contributed by atoms with E-state index in [1.54, 1.807) is 18.2 Å². The minimum atomic E-state index is 0.0512. The molecule has 1 aliphatic rings. The van der Waals surface area contributed by atoms with Crippen molar-refractivity contribution in [2.24, 2.45) is 5.92 Å². The smallest absolute Gasteiger partial charge is 0.194 e. The minimum Gasteiger partial charge on any atom is -0.298 e. The van der Waals surface area contributed by atoms with E-state index in [1.807, 2.05) is 18.2 Å². The Morgan fingerprint density at radius 1 is 1.42 bits per heavy atom. The van der Waals surface area contributed by atoms with Gasteiger partial charge in [-0.1, -0.05) is 47.7 Å². The van der Waals surface area contributed by atoms with Crippen LogP contribution in [0.3, 0.4) is 0 Å². The van der Waals surface area contributed by atoms with Crippen molar-refractivity contribution in [2.45, 2.75) is 17.7 Å². The lowest BCUT2D eigenvalue weighted by atomic mass is 9.98. The Labute approximate surface area is 121 Å². The largest absolute Gasteiger partial charge is 0.298 e. The van der Waals surface area contributed by atoms with Gasteiger partial charge in [0, 0.05) is 21.9 Å². The van der Waals surface area contributed by atoms with Crippen LogP contribution >= 0.6 is 23.4 Å². The van der Waals surface area contributed by atoms with E-state index in [-0.39, 0.29) is 11.0 Å². The second-order valence-electron chi connectivity index (χ2n) is 4.29. The molecule has 0 saturated carbocycles. The first-order valence-electron chi connectivity index (χ1n) is 5.98. The maximum Gasteiger partial charge on any atom is 0.194 e. The fourth-order valence-corrected chi connectivity index (χ4v) is 3.05. The fraction of sp³-hybridized carbons (Fsp3) is 0.200. The molecule has 0 bridgehead atoms. The average molecular weight is 293 g/mol. The number of hydrogen-bond donors (Lipinski definition) is 0. The Morgan fingerprint density at radius 2 is 2.26 bits per heavy atom. The molecule has 0 aliphatic heterocycles. The van der Waals surface area contributed by atoms with Crippen molar-refractivity contribution in [3.8, 4) is 0 Å². The van der Waals surface area contributed by atoms with E-state index < -0.39 is 0 Å². The lowest BCUT2D eigenvalue weighted by Crippen LogP contribution is -2.04. The first-order valence-corrected chi connectivity index (χ1v) is 7.17. The third kappa shape index (κ3) is 4.08. The SMILES string of the molecule is O=Cc1ccc(Cl)cc1SC(=O)CC1C=CC=CC1. The lowest BCUT2D eigenvalue weighted by Gasteiger charge is -2.11. The molecule has 0 saturated heterocycles. The first-order chi connectivity index (χ1) is 9.19. The van der Waals surface area contributed by atoms with Gasteiger partial charge >= 0.3 is 0 Å². The minimum absolute atomic E-state index is 0.0512. The topological polar surface area (TPSA) is 34.1 Å². The van der Waals surface area contributed by atoms with Gasteiger partial charge in [-0.2, -0.15) is 0 Å².